The Labute approximate surface area is 189 Å². The maximum atomic E-state index is 13.0. The molecule has 3 aromatic rings. The number of fused-ring (bicyclic) bond motifs is 1. The van der Waals surface area contributed by atoms with Crippen molar-refractivity contribution in [3.63, 3.8) is 0 Å². The lowest BCUT2D eigenvalue weighted by Gasteiger charge is -2.31. The zero-order valence-corrected chi connectivity index (χ0v) is 18.7. The number of imidazole rings is 1. The van der Waals surface area contributed by atoms with Crippen LogP contribution in [0, 0.1) is 0 Å². The molecule has 176 valence electrons. The summed E-state index contributed by atoms with van der Waals surface area (Å²) in [5, 5.41) is 0. The predicted octanol–water partition coefficient (Wildman–Crippen LogP) is 5.24. The molecule has 0 amide bonds. The van der Waals surface area contributed by atoms with Gasteiger partial charge < -0.3 is 13.9 Å². The van der Waals surface area contributed by atoms with Crippen molar-refractivity contribution in [1.82, 2.24) is 14.4 Å². The number of aromatic nitrogens is 3. The molecule has 4 heterocycles. The van der Waals surface area contributed by atoms with Crippen molar-refractivity contribution in [1.29, 1.82) is 0 Å². The summed E-state index contributed by atoms with van der Waals surface area (Å²) < 4.78 is 52.4. The van der Waals surface area contributed by atoms with Crippen LogP contribution in [0.15, 0.2) is 36.7 Å². The number of hydrogen-bond acceptors (Lipinski definition) is 5. The second-order valence-corrected chi connectivity index (χ2v) is 8.46. The predicted molar refractivity (Wildman–Crippen MR) is 116 cm³/mol. The van der Waals surface area contributed by atoms with Crippen molar-refractivity contribution in [2.24, 2.45) is 0 Å². The van der Waals surface area contributed by atoms with E-state index in [0.717, 1.165) is 24.6 Å². The zero-order chi connectivity index (χ0) is 23.8. The van der Waals surface area contributed by atoms with Gasteiger partial charge in [0, 0.05) is 36.4 Å². The van der Waals surface area contributed by atoms with Gasteiger partial charge in [0.05, 0.1) is 24.5 Å². The fourth-order valence-corrected chi connectivity index (χ4v) is 4.36. The largest absolute Gasteiger partial charge is 0.493 e. The molecule has 0 saturated carbocycles. The highest BCUT2D eigenvalue weighted by atomic mass is 19.4. The maximum absolute atomic E-state index is 13.0. The van der Waals surface area contributed by atoms with E-state index in [0.29, 0.717) is 23.6 Å². The van der Waals surface area contributed by atoms with E-state index in [-0.39, 0.29) is 30.2 Å². The minimum atomic E-state index is -4.61. The normalized spacial score (nSPS) is 21.3. The third kappa shape index (κ3) is 5.19. The third-order valence-electron chi connectivity index (χ3n) is 5.74. The van der Waals surface area contributed by atoms with Crippen molar-refractivity contribution < 1.29 is 27.4 Å². The molecule has 0 spiro atoms. The molecule has 1 unspecified atom stereocenters. The Bertz CT molecular complexity index is 1150. The first kappa shape index (κ1) is 23.2. The second-order valence-electron chi connectivity index (χ2n) is 8.46. The molecular formula is C24H26F3N3O3. The van der Waals surface area contributed by atoms with Gasteiger partial charge in [-0.05, 0) is 45.7 Å². The number of alkyl halides is 3. The molecular weight excluding hydrogens is 435 g/mol. The van der Waals surface area contributed by atoms with Crippen LogP contribution in [0.2, 0.25) is 0 Å². The topological polar surface area (TPSA) is 65.7 Å². The summed E-state index contributed by atoms with van der Waals surface area (Å²) in [6, 6.07) is 5.09. The van der Waals surface area contributed by atoms with Crippen LogP contribution < -0.4 is 4.74 Å². The highest BCUT2D eigenvalue weighted by Crippen LogP contribution is 2.34. The highest BCUT2D eigenvalue weighted by molar-refractivity contribution is 5.96. The highest BCUT2D eigenvalue weighted by Gasteiger charge is 2.33. The van der Waals surface area contributed by atoms with E-state index in [1.807, 2.05) is 17.5 Å². The van der Waals surface area contributed by atoms with Gasteiger partial charge in [-0.2, -0.15) is 13.2 Å². The number of hydrogen-bond donors (Lipinski definition) is 0. The fraction of sp³-hybridized carbons (Fsp3) is 0.458. The summed E-state index contributed by atoms with van der Waals surface area (Å²) in [5.74, 6) is 0.226. The van der Waals surface area contributed by atoms with E-state index in [2.05, 4.69) is 18.8 Å². The number of ketones is 1. The minimum absolute atomic E-state index is 0.140. The Morgan fingerprint density at radius 3 is 2.58 bits per heavy atom. The number of carbonyl (C=O) groups is 1. The van der Waals surface area contributed by atoms with Gasteiger partial charge in [-0.25, -0.2) is 9.97 Å². The van der Waals surface area contributed by atoms with E-state index < -0.39 is 17.7 Å². The first-order chi connectivity index (χ1) is 15.6. The van der Waals surface area contributed by atoms with Gasteiger partial charge in [-0.15, -0.1) is 0 Å². The summed E-state index contributed by atoms with van der Waals surface area (Å²) in [4.78, 5) is 21.1. The van der Waals surface area contributed by atoms with E-state index in [1.54, 1.807) is 12.3 Å². The number of carbonyl (C=O) groups excluding carboxylic acids is 1. The molecule has 1 aliphatic heterocycles. The lowest BCUT2D eigenvalue weighted by Crippen LogP contribution is -2.28. The SMILES string of the molecule is CCOc1cc2nc(C3C[C@@H](C)O[C@@H](C)C3)cn2cc1CC(=O)c1cccc(C(F)(F)F)n1. The molecule has 4 rings (SSSR count). The summed E-state index contributed by atoms with van der Waals surface area (Å²) in [7, 11) is 0. The third-order valence-corrected chi connectivity index (χ3v) is 5.74. The van der Waals surface area contributed by atoms with Crippen molar-refractivity contribution >= 4 is 11.4 Å². The Kier molecular flexibility index (Phi) is 6.43. The summed E-state index contributed by atoms with van der Waals surface area (Å²) in [6.45, 7) is 6.31. The number of rotatable bonds is 6. The molecule has 3 aromatic heterocycles. The molecule has 33 heavy (non-hydrogen) atoms. The summed E-state index contributed by atoms with van der Waals surface area (Å²) in [5.41, 5.74) is 0.874. The van der Waals surface area contributed by atoms with E-state index in [1.165, 1.54) is 12.1 Å². The number of Topliss-reactive ketones (excluding diaryl/α,β-unsaturated/α-hetero) is 1. The van der Waals surface area contributed by atoms with Crippen molar-refractivity contribution in [3.05, 3.63) is 59.3 Å². The van der Waals surface area contributed by atoms with Crippen LogP contribution in [0.4, 0.5) is 13.2 Å². The Hall–Kier alpha value is -2.94. The van der Waals surface area contributed by atoms with E-state index in [9.17, 15) is 18.0 Å². The molecule has 6 nitrogen and oxygen atoms in total. The number of pyridine rings is 2. The maximum Gasteiger partial charge on any atom is 0.433 e. The summed E-state index contributed by atoms with van der Waals surface area (Å²) in [6.07, 6.45) is 0.992. The summed E-state index contributed by atoms with van der Waals surface area (Å²) >= 11 is 0. The first-order valence-corrected chi connectivity index (χ1v) is 11.0. The van der Waals surface area contributed by atoms with Gasteiger partial charge >= 0.3 is 6.18 Å². The lowest BCUT2D eigenvalue weighted by atomic mass is 9.90. The van der Waals surface area contributed by atoms with Gasteiger partial charge in [0.25, 0.3) is 0 Å². The average molecular weight is 461 g/mol. The van der Waals surface area contributed by atoms with Gasteiger partial charge in [-0.3, -0.25) is 4.79 Å². The molecule has 3 atom stereocenters. The standard InChI is InChI=1S/C24H26F3N3O3/c1-4-32-21-11-23-29-19(16-8-14(2)33-15(3)9-16)13-30(23)12-17(21)10-20(31)18-6-5-7-22(28-18)24(25,26)27/h5-7,11-16H,4,8-10H2,1-3H3/t14-,15+,16?. The number of ether oxygens (including phenoxy) is 2. The minimum Gasteiger partial charge on any atom is -0.493 e. The molecule has 9 heteroatoms. The number of halogens is 3. The molecule has 1 fully saturated rings. The molecule has 0 aromatic carbocycles. The van der Waals surface area contributed by atoms with E-state index >= 15 is 0 Å². The van der Waals surface area contributed by atoms with Crippen molar-refractivity contribution in [2.45, 2.75) is 64.3 Å². The average Bonchev–Trinajstić information content (AvgIpc) is 3.16. The second kappa shape index (κ2) is 9.13. The molecule has 0 aliphatic carbocycles. The van der Waals surface area contributed by atoms with Gasteiger partial charge in [0.1, 0.15) is 22.8 Å². The molecule has 0 N–H and O–H groups in total. The van der Waals surface area contributed by atoms with Crippen LogP contribution >= 0.6 is 0 Å². The molecule has 1 aliphatic rings. The molecule has 1 saturated heterocycles. The van der Waals surface area contributed by atoms with E-state index in [4.69, 9.17) is 14.5 Å². The fourth-order valence-electron chi connectivity index (χ4n) is 4.36. The van der Waals surface area contributed by atoms with Crippen LogP contribution in [0.1, 0.15) is 67.0 Å². The number of nitrogens with zero attached hydrogens (tertiary/aromatic N) is 3. The Morgan fingerprint density at radius 2 is 1.91 bits per heavy atom. The quantitative estimate of drug-likeness (QED) is 0.470. The first-order valence-electron chi connectivity index (χ1n) is 11.0. The Balaban J connectivity index is 1.64. The smallest absolute Gasteiger partial charge is 0.433 e. The Morgan fingerprint density at radius 1 is 1.18 bits per heavy atom. The zero-order valence-electron chi connectivity index (χ0n) is 18.7. The van der Waals surface area contributed by atoms with Crippen molar-refractivity contribution in [2.75, 3.05) is 6.61 Å². The van der Waals surface area contributed by atoms with Gasteiger partial charge in [-0.1, -0.05) is 6.07 Å². The van der Waals surface area contributed by atoms with Crippen LogP contribution in [-0.2, 0) is 17.3 Å². The molecule has 0 bridgehead atoms. The van der Waals surface area contributed by atoms with Gasteiger partial charge in [0.2, 0.25) is 0 Å². The van der Waals surface area contributed by atoms with Crippen LogP contribution in [0.3, 0.4) is 0 Å². The molecule has 0 radical (unpaired) electrons. The monoisotopic (exact) mass is 461 g/mol. The lowest BCUT2D eigenvalue weighted by molar-refractivity contribution is -0.141. The van der Waals surface area contributed by atoms with Crippen LogP contribution in [0.25, 0.3) is 5.65 Å². The van der Waals surface area contributed by atoms with Crippen molar-refractivity contribution in [3.8, 4) is 5.75 Å². The van der Waals surface area contributed by atoms with Crippen LogP contribution in [-0.4, -0.2) is 39.0 Å². The van der Waals surface area contributed by atoms with Crippen LogP contribution in [0.5, 0.6) is 5.75 Å². The van der Waals surface area contributed by atoms with Gasteiger partial charge in [0.15, 0.2) is 5.78 Å².